The lowest BCUT2D eigenvalue weighted by Gasteiger charge is -2.37. The summed E-state index contributed by atoms with van der Waals surface area (Å²) in [4.78, 5) is 8.65. The minimum absolute atomic E-state index is 0.707. The first-order chi connectivity index (χ1) is 15.2. The van der Waals surface area contributed by atoms with Crippen LogP contribution in [0.3, 0.4) is 0 Å². The summed E-state index contributed by atoms with van der Waals surface area (Å²) in [6.45, 7) is 7.26. The van der Waals surface area contributed by atoms with Crippen molar-refractivity contribution in [3.63, 3.8) is 0 Å². The van der Waals surface area contributed by atoms with Crippen LogP contribution in [0.25, 0.3) is 44.0 Å². The Hall–Kier alpha value is -3.15. The normalized spacial score (nSPS) is 12.7. The molecule has 0 aliphatic carbocycles. The van der Waals surface area contributed by atoms with Crippen LogP contribution in [-0.2, 0) is 4.65 Å². The van der Waals surface area contributed by atoms with Crippen molar-refractivity contribution in [2.75, 3.05) is 0 Å². The highest BCUT2D eigenvalue weighted by Gasteiger charge is 2.35. The second kappa shape index (κ2) is 7.47. The molecule has 2 aromatic heterocycles. The molecular weight excluding hydrogens is 395 g/mol. The van der Waals surface area contributed by atoms with Gasteiger partial charge in [0.25, 0.3) is 0 Å². The second-order valence-corrected chi connectivity index (χ2v) is 9.33. The SMILES string of the molecule is CC(C)(O)C(C)(C)O[B]c1ccc(-c2nc3ccccc3c3[nH]c4ccccc4c23)cc1. The zero-order chi connectivity index (χ0) is 22.5. The summed E-state index contributed by atoms with van der Waals surface area (Å²) < 4.78 is 5.90. The third-order valence-corrected chi connectivity index (χ3v) is 6.50. The largest absolute Gasteiger partial charge is 0.427 e. The highest BCUT2D eigenvalue weighted by molar-refractivity contribution is 6.47. The van der Waals surface area contributed by atoms with Crippen molar-refractivity contribution in [1.82, 2.24) is 9.97 Å². The summed E-state index contributed by atoms with van der Waals surface area (Å²) in [5.74, 6) is 0. The Morgan fingerprint density at radius 2 is 1.50 bits per heavy atom. The van der Waals surface area contributed by atoms with Crippen LogP contribution in [0.1, 0.15) is 27.7 Å². The van der Waals surface area contributed by atoms with Gasteiger partial charge in [0.15, 0.2) is 0 Å². The molecule has 0 unspecified atom stereocenters. The minimum Gasteiger partial charge on any atom is -0.427 e. The van der Waals surface area contributed by atoms with Crippen LogP contribution < -0.4 is 5.46 Å². The summed E-state index contributed by atoms with van der Waals surface area (Å²) in [7, 11) is 1.71. The molecule has 32 heavy (non-hydrogen) atoms. The van der Waals surface area contributed by atoms with Gasteiger partial charge in [-0.1, -0.05) is 66.1 Å². The molecule has 2 heterocycles. The van der Waals surface area contributed by atoms with Gasteiger partial charge in [-0.25, -0.2) is 4.98 Å². The standard InChI is InChI=1S/C27H26BN2O2/c1-26(2,31)27(3,4)32-28-18-15-13-17(14-16-18)24-23-19-9-5-7-11-21(19)30-25(23)20-10-6-8-12-22(20)29-24/h5-16,30-31H,1-4H3. The van der Waals surface area contributed by atoms with Crippen molar-refractivity contribution in [2.45, 2.75) is 38.9 Å². The number of benzene rings is 3. The van der Waals surface area contributed by atoms with Crippen LogP contribution in [0, 0.1) is 0 Å². The molecule has 5 aromatic rings. The lowest BCUT2D eigenvalue weighted by atomic mass is 9.82. The maximum atomic E-state index is 10.3. The quantitative estimate of drug-likeness (QED) is 0.377. The molecule has 159 valence electrons. The number of fused-ring (bicyclic) bond motifs is 5. The van der Waals surface area contributed by atoms with Gasteiger partial charge in [0.1, 0.15) is 0 Å². The molecule has 0 spiro atoms. The Kier molecular flexibility index (Phi) is 4.84. The second-order valence-electron chi connectivity index (χ2n) is 9.33. The van der Waals surface area contributed by atoms with Crippen molar-refractivity contribution >= 4 is 45.7 Å². The first kappa shape index (κ1) is 20.7. The number of hydrogen-bond acceptors (Lipinski definition) is 3. The predicted molar refractivity (Wildman–Crippen MR) is 133 cm³/mol. The summed E-state index contributed by atoms with van der Waals surface area (Å²) in [6, 6.07) is 24.8. The molecule has 0 saturated carbocycles. The van der Waals surface area contributed by atoms with Gasteiger partial charge in [0, 0.05) is 27.2 Å². The Bertz CT molecular complexity index is 1430. The summed E-state index contributed by atoms with van der Waals surface area (Å²) in [5, 5.41) is 13.7. The van der Waals surface area contributed by atoms with Crippen LogP contribution >= 0.6 is 0 Å². The zero-order valence-corrected chi connectivity index (χ0v) is 18.8. The lowest BCUT2D eigenvalue weighted by Crippen LogP contribution is -2.49. The fraction of sp³-hybridized carbons (Fsp3) is 0.222. The number of aromatic amines is 1. The van der Waals surface area contributed by atoms with E-state index in [0.717, 1.165) is 44.0 Å². The molecule has 5 heteroatoms. The fourth-order valence-electron chi connectivity index (χ4n) is 3.84. The van der Waals surface area contributed by atoms with E-state index < -0.39 is 11.2 Å². The van der Waals surface area contributed by atoms with Crippen molar-refractivity contribution in [2.24, 2.45) is 0 Å². The molecule has 3 aromatic carbocycles. The van der Waals surface area contributed by atoms with Gasteiger partial charge in [-0.2, -0.15) is 0 Å². The minimum atomic E-state index is -0.959. The number of nitrogens with zero attached hydrogens (tertiary/aromatic N) is 1. The number of rotatable bonds is 5. The number of para-hydroxylation sites is 2. The van der Waals surface area contributed by atoms with Gasteiger partial charge < -0.3 is 14.7 Å². The van der Waals surface area contributed by atoms with Gasteiger partial charge in [-0.05, 0) is 39.8 Å². The van der Waals surface area contributed by atoms with E-state index in [4.69, 9.17) is 9.64 Å². The van der Waals surface area contributed by atoms with E-state index in [0.29, 0.717) is 0 Å². The summed E-state index contributed by atoms with van der Waals surface area (Å²) in [6.07, 6.45) is 0. The molecule has 4 nitrogen and oxygen atoms in total. The first-order valence-electron chi connectivity index (χ1n) is 10.9. The number of nitrogens with one attached hydrogen (secondary N) is 1. The molecular formula is C27H26BN2O2. The molecule has 2 N–H and O–H groups in total. The van der Waals surface area contributed by atoms with Crippen molar-refractivity contribution < 1.29 is 9.76 Å². The third-order valence-electron chi connectivity index (χ3n) is 6.50. The van der Waals surface area contributed by atoms with Gasteiger partial charge in [-0.3, -0.25) is 0 Å². The number of aliphatic hydroxyl groups is 1. The maximum Gasteiger partial charge on any atom is 0.330 e. The maximum absolute atomic E-state index is 10.3. The van der Waals surface area contributed by atoms with Crippen LogP contribution in [0.5, 0.6) is 0 Å². The van der Waals surface area contributed by atoms with Crippen LogP contribution in [-0.4, -0.2) is 33.8 Å². The van der Waals surface area contributed by atoms with E-state index in [1.807, 2.05) is 38.1 Å². The topological polar surface area (TPSA) is 58.1 Å². The van der Waals surface area contributed by atoms with Crippen molar-refractivity contribution in [3.05, 3.63) is 72.8 Å². The average molecular weight is 421 g/mol. The van der Waals surface area contributed by atoms with Crippen molar-refractivity contribution in [1.29, 1.82) is 0 Å². The van der Waals surface area contributed by atoms with E-state index in [-0.39, 0.29) is 0 Å². The Morgan fingerprint density at radius 1 is 0.844 bits per heavy atom. The summed E-state index contributed by atoms with van der Waals surface area (Å²) >= 11 is 0. The number of pyridine rings is 1. The van der Waals surface area contributed by atoms with Gasteiger partial charge in [0.2, 0.25) is 0 Å². The van der Waals surface area contributed by atoms with E-state index in [9.17, 15) is 5.11 Å². The van der Waals surface area contributed by atoms with Gasteiger partial charge >= 0.3 is 7.48 Å². The molecule has 5 rings (SSSR count). The highest BCUT2D eigenvalue weighted by Crippen LogP contribution is 2.37. The van der Waals surface area contributed by atoms with Crippen LogP contribution in [0.2, 0.25) is 0 Å². The molecule has 0 aliphatic rings. The molecule has 0 aliphatic heterocycles. The van der Waals surface area contributed by atoms with E-state index >= 15 is 0 Å². The summed E-state index contributed by atoms with van der Waals surface area (Å²) in [5.41, 5.74) is 4.45. The smallest absolute Gasteiger partial charge is 0.330 e. The monoisotopic (exact) mass is 421 g/mol. The van der Waals surface area contributed by atoms with E-state index in [1.165, 1.54) is 5.39 Å². The molecule has 0 fully saturated rings. The van der Waals surface area contributed by atoms with Crippen LogP contribution in [0.15, 0.2) is 72.8 Å². The molecule has 1 radical (unpaired) electrons. The Balaban J connectivity index is 1.58. The Labute approximate surface area is 188 Å². The average Bonchev–Trinajstić information content (AvgIpc) is 3.17. The molecule has 0 bridgehead atoms. The van der Waals surface area contributed by atoms with Gasteiger partial charge in [-0.15, -0.1) is 0 Å². The zero-order valence-electron chi connectivity index (χ0n) is 18.8. The predicted octanol–water partition coefficient (Wildman–Crippen LogP) is 5.35. The first-order valence-corrected chi connectivity index (χ1v) is 10.9. The molecule has 0 saturated heterocycles. The van der Waals surface area contributed by atoms with Crippen molar-refractivity contribution in [3.8, 4) is 11.3 Å². The Morgan fingerprint density at radius 3 is 2.22 bits per heavy atom. The number of aromatic nitrogens is 2. The molecule has 0 amide bonds. The fourth-order valence-corrected chi connectivity index (χ4v) is 3.84. The third kappa shape index (κ3) is 3.48. The van der Waals surface area contributed by atoms with E-state index in [2.05, 4.69) is 53.5 Å². The number of hydrogen-bond donors (Lipinski definition) is 2. The highest BCUT2D eigenvalue weighted by atomic mass is 16.5. The number of H-pyrrole nitrogens is 1. The molecule has 0 atom stereocenters. The van der Waals surface area contributed by atoms with Gasteiger partial charge in [0.05, 0.1) is 27.9 Å². The van der Waals surface area contributed by atoms with Crippen LogP contribution in [0.4, 0.5) is 0 Å². The van der Waals surface area contributed by atoms with E-state index in [1.54, 1.807) is 21.3 Å². The lowest BCUT2D eigenvalue weighted by molar-refractivity contribution is -0.0893.